The van der Waals surface area contributed by atoms with Gasteiger partial charge in [-0.1, -0.05) is 30.0 Å². The first-order valence-corrected chi connectivity index (χ1v) is 11.3. The number of thioether (sulfide) groups is 1. The molecule has 1 amide bonds. The predicted octanol–water partition coefficient (Wildman–Crippen LogP) is 5.03. The van der Waals surface area contributed by atoms with Crippen LogP contribution >= 0.6 is 11.8 Å². The molecule has 1 aromatic heterocycles. The Kier molecular flexibility index (Phi) is 5.06. The molecule has 1 fully saturated rings. The molecule has 0 bridgehead atoms. The number of hydrogen-bond donors (Lipinski definition) is 1. The summed E-state index contributed by atoms with van der Waals surface area (Å²) in [5.74, 6) is 0.144. The second kappa shape index (κ2) is 7.87. The second-order valence-electron chi connectivity index (χ2n) is 7.97. The minimum Gasteiger partial charge on any atom is -0.325 e. The van der Waals surface area contributed by atoms with Crippen LogP contribution in [0.1, 0.15) is 43.4 Å². The molecule has 7 heteroatoms. The Hall–Kier alpha value is -2.67. The molecule has 154 valence electrons. The number of rotatable bonds is 6. The maximum absolute atomic E-state index is 14.3. The smallest absolute Gasteiger partial charge is 0.237 e. The van der Waals surface area contributed by atoms with Crippen molar-refractivity contribution in [1.29, 1.82) is 0 Å². The molecule has 30 heavy (non-hydrogen) atoms. The molecule has 1 N–H and O–H groups in total. The van der Waals surface area contributed by atoms with Crippen LogP contribution in [0.3, 0.4) is 0 Å². The van der Waals surface area contributed by atoms with Crippen LogP contribution in [0.15, 0.2) is 47.6 Å². The summed E-state index contributed by atoms with van der Waals surface area (Å²) in [6.45, 7) is 1.86. The van der Waals surface area contributed by atoms with Gasteiger partial charge in [0, 0.05) is 11.7 Å². The lowest BCUT2D eigenvalue weighted by Crippen LogP contribution is -2.23. The number of fused-ring (bicyclic) bond motifs is 1. The van der Waals surface area contributed by atoms with Crippen molar-refractivity contribution in [2.75, 3.05) is 5.32 Å². The van der Waals surface area contributed by atoms with Crippen molar-refractivity contribution < 1.29 is 9.18 Å². The van der Waals surface area contributed by atoms with Gasteiger partial charge in [-0.2, -0.15) is 0 Å². The molecule has 2 aliphatic rings. The fourth-order valence-corrected chi connectivity index (χ4v) is 4.87. The predicted molar refractivity (Wildman–Crippen MR) is 116 cm³/mol. The zero-order chi connectivity index (χ0) is 20.7. The average Bonchev–Trinajstić information content (AvgIpc) is 3.32. The third-order valence-electron chi connectivity index (χ3n) is 5.71. The van der Waals surface area contributed by atoms with Crippen molar-refractivity contribution in [2.45, 2.75) is 55.5 Å². The molecule has 3 aromatic rings. The highest BCUT2D eigenvalue weighted by atomic mass is 32.2. The third kappa shape index (κ3) is 3.74. The van der Waals surface area contributed by atoms with Gasteiger partial charge in [-0.05, 0) is 74.4 Å². The summed E-state index contributed by atoms with van der Waals surface area (Å²) in [7, 11) is 0. The zero-order valence-electron chi connectivity index (χ0n) is 16.8. The number of halogens is 1. The van der Waals surface area contributed by atoms with E-state index in [1.807, 2.05) is 17.6 Å². The molecule has 1 saturated carbocycles. The largest absolute Gasteiger partial charge is 0.325 e. The summed E-state index contributed by atoms with van der Waals surface area (Å²) in [5.41, 5.74) is 3.99. The number of amides is 1. The van der Waals surface area contributed by atoms with Gasteiger partial charge in [0.25, 0.3) is 0 Å². The van der Waals surface area contributed by atoms with Crippen molar-refractivity contribution in [2.24, 2.45) is 0 Å². The van der Waals surface area contributed by atoms with E-state index in [4.69, 9.17) is 0 Å². The molecule has 0 spiro atoms. The maximum atomic E-state index is 14.3. The number of hydrogen-bond acceptors (Lipinski definition) is 4. The average molecular weight is 423 g/mol. The van der Waals surface area contributed by atoms with E-state index in [9.17, 15) is 9.18 Å². The normalized spacial score (nSPS) is 16.3. The van der Waals surface area contributed by atoms with E-state index < -0.39 is 0 Å². The number of carbonyl (C=O) groups excluding carboxylic acids is 1. The third-order valence-corrected chi connectivity index (χ3v) is 6.77. The monoisotopic (exact) mass is 422 g/mol. The summed E-state index contributed by atoms with van der Waals surface area (Å²) in [6, 6.07) is 13.0. The Balaban J connectivity index is 1.34. The Labute approximate surface area is 179 Å². The van der Waals surface area contributed by atoms with Gasteiger partial charge in [0.05, 0.1) is 10.8 Å². The highest BCUT2D eigenvalue weighted by Gasteiger charge is 2.32. The minimum atomic E-state index is -0.353. The lowest BCUT2D eigenvalue weighted by Gasteiger charge is -2.14. The molecule has 1 atom stereocenters. The van der Waals surface area contributed by atoms with Crippen LogP contribution in [0.5, 0.6) is 0 Å². The Bertz CT molecular complexity index is 1110. The lowest BCUT2D eigenvalue weighted by molar-refractivity contribution is -0.115. The lowest BCUT2D eigenvalue weighted by atomic mass is 10.1. The van der Waals surface area contributed by atoms with E-state index in [2.05, 4.69) is 27.6 Å². The topological polar surface area (TPSA) is 59.8 Å². The van der Waals surface area contributed by atoms with Crippen molar-refractivity contribution in [3.63, 3.8) is 0 Å². The number of anilines is 1. The second-order valence-corrected chi connectivity index (χ2v) is 9.28. The van der Waals surface area contributed by atoms with Gasteiger partial charge in [0.2, 0.25) is 5.91 Å². The van der Waals surface area contributed by atoms with Crippen LogP contribution in [-0.2, 0) is 17.6 Å². The number of nitrogens with zero attached hydrogens (tertiary/aromatic N) is 3. The number of nitrogens with one attached hydrogen (secondary N) is 1. The summed E-state index contributed by atoms with van der Waals surface area (Å²) < 4.78 is 16.3. The van der Waals surface area contributed by atoms with Crippen LogP contribution in [-0.4, -0.2) is 25.9 Å². The van der Waals surface area contributed by atoms with Crippen LogP contribution in [0, 0.1) is 5.82 Å². The molecule has 0 saturated heterocycles. The maximum Gasteiger partial charge on any atom is 0.237 e. The highest BCUT2D eigenvalue weighted by Crippen LogP contribution is 2.42. The van der Waals surface area contributed by atoms with Gasteiger partial charge in [0.15, 0.2) is 11.0 Å². The fourth-order valence-electron chi connectivity index (χ4n) is 3.95. The summed E-state index contributed by atoms with van der Waals surface area (Å²) >= 11 is 1.37. The minimum absolute atomic E-state index is 0.0734. The van der Waals surface area contributed by atoms with Crippen LogP contribution in [0.25, 0.3) is 11.4 Å². The summed E-state index contributed by atoms with van der Waals surface area (Å²) in [5, 5.41) is 11.9. The van der Waals surface area contributed by atoms with E-state index >= 15 is 0 Å². The fraction of sp³-hybridized carbons (Fsp3) is 0.348. The van der Waals surface area contributed by atoms with Gasteiger partial charge in [0.1, 0.15) is 5.82 Å². The Morgan fingerprint density at radius 3 is 2.77 bits per heavy atom. The molecule has 1 unspecified atom stereocenters. The molecular formula is C23H23FN4OS. The summed E-state index contributed by atoms with van der Waals surface area (Å²) in [6.07, 6.45) is 5.41. The van der Waals surface area contributed by atoms with Gasteiger partial charge < -0.3 is 5.32 Å². The molecule has 2 aliphatic carbocycles. The SMILES string of the molecule is CC(Sc1nnc(-c2ccccc2F)n1C1CC1)C(=O)Nc1ccc2c(c1)CCC2. The van der Waals surface area contributed by atoms with E-state index in [0.29, 0.717) is 16.5 Å². The molecule has 0 aliphatic heterocycles. The quantitative estimate of drug-likeness (QED) is 0.566. The number of aromatic nitrogens is 3. The number of carbonyl (C=O) groups is 1. The van der Waals surface area contributed by atoms with Crippen LogP contribution < -0.4 is 5.32 Å². The molecule has 5 rings (SSSR count). The number of benzene rings is 2. The molecule has 5 nitrogen and oxygen atoms in total. The van der Waals surface area contributed by atoms with Gasteiger partial charge in [-0.15, -0.1) is 10.2 Å². The Morgan fingerprint density at radius 2 is 1.97 bits per heavy atom. The van der Waals surface area contributed by atoms with E-state index in [-0.39, 0.29) is 23.0 Å². The molecule has 0 radical (unpaired) electrons. The highest BCUT2D eigenvalue weighted by molar-refractivity contribution is 8.00. The van der Waals surface area contributed by atoms with Gasteiger partial charge in [-0.3, -0.25) is 9.36 Å². The standard InChI is InChI=1S/C23H23FN4OS/c1-14(22(29)25-17-10-9-15-5-4-6-16(15)13-17)30-23-27-26-21(28(23)18-11-12-18)19-7-2-3-8-20(19)24/h2-3,7-10,13-14,18H,4-6,11-12H2,1H3,(H,25,29). The first kappa shape index (κ1) is 19.3. The first-order valence-electron chi connectivity index (χ1n) is 10.4. The molecule has 1 heterocycles. The molecular weight excluding hydrogens is 399 g/mol. The van der Waals surface area contributed by atoms with Crippen LogP contribution in [0.2, 0.25) is 0 Å². The van der Waals surface area contributed by atoms with E-state index in [1.54, 1.807) is 18.2 Å². The van der Waals surface area contributed by atoms with E-state index in [0.717, 1.165) is 31.4 Å². The van der Waals surface area contributed by atoms with Crippen molar-refractivity contribution in [3.8, 4) is 11.4 Å². The summed E-state index contributed by atoms with van der Waals surface area (Å²) in [4.78, 5) is 12.8. The first-order chi connectivity index (χ1) is 14.6. The molecule has 2 aromatic carbocycles. The van der Waals surface area contributed by atoms with Gasteiger partial charge >= 0.3 is 0 Å². The van der Waals surface area contributed by atoms with Crippen molar-refractivity contribution >= 4 is 23.4 Å². The number of aryl methyl sites for hydroxylation is 2. The Morgan fingerprint density at radius 1 is 1.17 bits per heavy atom. The van der Waals surface area contributed by atoms with Crippen LogP contribution in [0.4, 0.5) is 10.1 Å². The zero-order valence-corrected chi connectivity index (χ0v) is 17.6. The van der Waals surface area contributed by atoms with Crippen molar-refractivity contribution in [3.05, 3.63) is 59.4 Å². The van der Waals surface area contributed by atoms with Gasteiger partial charge in [-0.25, -0.2) is 4.39 Å². The van der Waals surface area contributed by atoms with Crippen molar-refractivity contribution in [1.82, 2.24) is 14.8 Å². The van der Waals surface area contributed by atoms with E-state index in [1.165, 1.54) is 35.4 Å².